The van der Waals surface area contributed by atoms with E-state index in [4.69, 9.17) is 0 Å². The summed E-state index contributed by atoms with van der Waals surface area (Å²) in [5, 5.41) is 18.0. The Morgan fingerprint density at radius 1 is 0.750 bits per heavy atom. The van der Waals surface area contributed by atoms with Crippen molar-refractivity contribution in [2.45, 2.75) is 74.8 Å². The van der Waals surface area contributed by atoms with Gasteiger partial charge in [0.25, 0.3) is 0 Å². The smallest absolute Gasteiger partial charge is 0.243 e. The van der Waals surface area contributed by atoms with E-state index in [-0.39, 0.29) is 32.0 Å². The summed E-state index contributed by atoms with van der Waals surface area (Å²) in [6, 6.07) is 15.3. The van der Waals surface area contributed by atoms with E-state index in [1.54, 1.807) is 0 Å². The Morgan fingerprint density at radius 3 is 2.13 bits per heavy atom. The van der Waals surface area contributed by atoms with Crippen molar-refractivity contribution >= 4 is 40.3 Å². The maximum Gasteiger partial charge on any atom is 0.243 e. The van der Waals surface area contributed by atoms with Crippen molar-refractivity contribution in [2.75, 3.05) is 50.8 Å². The fraction of sp³-hybridized carbons (Fsp3) is 0.444. The number of benzene rings is 2. The third kappa shape index (κ3) is 11.9. The topological polar surface area (TPSA) is 181 Å². The molecule has 5 atom stereocenters. The lowest BCUT2D eigenvalue weighted by molar-refractivity contribution is -0.135. The molecule has 0 radical (unpaired) electrons. The van der Waals surface area contributed by atoms with Gasteiger partial charge < -0.3 is 31.9 Å². The molecule has 0 saturated carbocycles. The highest BCUT2D eigenvalue weighted by Crippen LogP contribution is 2.27. The zero-order chi connectivity index (χ0) is 41.8. The minimum atomic E-state index is -1.24. The van der Waals surface area contributed by atoms with Crippen molar-refractivity contribution in [1.82, 2.24) is 41.7 Å². The summed E-state index contributed by atoms with van der Waals surface area (Å²) in [7, 11) is -0.743. The number of amides is 5. The molecule has 318 valence electrons. The molecule has 60 heavy (non-hydrogen) atoms. The standard InChI is InChI=1S/C45H56N8O6S/c54-41-27-40(50-42(55)30-52-18-16-35(17-19-52)53-20-22-60(59)23-21-53)43(56)47-29-34(24-31-10-4-1-5-11-31)48-44(57)38(25-32-12-6-2-7-13-32)51-45(58)39(49-41)26-33-28-46-37-15-9-3-8-14-36(33)37/h1-15,28,34-35,37-40,46H,16-27,29-30H2,(H,47,56)(H,48,57)(H,49,54)(H,50,55)(H,51,58)/t34-,37?,38+,39?,40?/m1/s1. The van der Waals surface area contributed by atoms with Crippen LogP contribution in [-0.4, -0.2) is 131 Å². The van der Waals surface area contributed by atoms with Gasteiger partial charge in [0.15, 0.2) is 0 Å². The molecule has 15 heteroatoms. The summed E-state index contributed by atoms with van der Waals surface area (Å²) in [4.78, 5) is 74.7. The molecule has 0 aromatic heterocycles. The number of rotatable bonds is 10. The first-order chi connectivity index (χ1) is 29.2. The van der Waals surface area contributed by atoms with Gasteiger partial charge in [-0.15, -0.1) is 0 Å². The second-order valence-corrected chi connectivity index (χ2v) is 17.8. The highest BCUT2D eigenvalue weighted by Gasteiger charge is 2.35. The van der Waals surface area contributed by atoms with E-state index in [1.807, 2.05) is 97.2 Å². The van der Waals surface area contributed by atoms with Crippen LogP contribution in [0.25, 0.3) is 0 Å². The van der Waals surface area contributed by atoms with Crippen LogP contribution in [0.1, 0.15) is 36.8 Å². The Labute approximate surface area is 354 Å². The summed E-state index contributed by atoms with van der Waals surface area (Å²) >= 11 is 0. The van der Waals surface area contributed by atoms with Crippen LogP contribution in [0.2, 0.25) is 0 Å². The van der Waals surface area contributed by atoms with E-state index in [2.05, 4.69) is 41.7 Å². The highest BCUT2D eigenvalue weighted by molar-refractivity contribution is 7.85. The third-order valence-corrected chi connectivity index (χ3v) is 13.1. The number of likely N-dealkylation sites (tertiary alicyclic amines) is 1. The van der Waals surface area contributed by atoms with Crippen molar-refractivity contribution in [2.24, 2.45) is 0 Å². The lowest BCUT2D eigenvalue weighted by atomic mass is 9.95. The van der Waals surface area contributed by atoms with Crippen LogP contribution in [0.4, 0.5) is 0 Å². The third-order valence-electron chi connectivity index (χ3n) is 11.8. The predicted octanol–water partition coefficient (Wildman–Crippen LogP) is 0.758. The molecule has 5 amide bonds. The lowest BCUT2D eigenvalue weighted by Crippen LogP contribution is -2.59. The first-order valence-corrected chi connectivity index (χ1v) is 22.5. The summed E-state index contributed by atoms with van der Waals surface area (Å²) in [6.45, 7) is 3.12. The van der Waals surface area contributed by atoms with Crippen LogP contribution < -0.4 is 31.9 Å². The Morgan fingerprint density at radius 2 is 1.42 bits per heavy atom. The van der Waals surface area contributed by atoms with Crippen LogP contribution >= 0.6 is 0 Å². The number of nitrogens with zero attached hydrogens (tertiary/aromatic N) is 2. The molecule has 2 aromatic rings. The van der Waals surface area contributed by atoms with Crippen LogP contribution in [0.5, 0.6) is 0 Å². The molecule has 0 spiro atoms. The maximum atomic E-state index is 14.4. The number of carbonyl (C=O) groups excluding carboxylic acids is 5. The number of hydrogen-bond donors (Lipinski definition) is 6. The normalized spacial score (nSPS) is 26.5. The first kappa shape index (κ1) is 42.7. The number of carbonyl (C=O) groups is 5. The van der Waals surface area contributed by atoms with Crippen LogP contribution in [0, 0.1) is 0 Å². The van der Waals surface area contributed by atoms with Gasteiger partial charge in [-0.25, -0.2) is 0 Å². The van der Waals surface area contributed by atoms with E-state index in [0.717, 1.165) is 48.2 Å². The van der Waals surface area contributed by atoms with Crippen molar-refractivity contribution in [1.29, 1.82) is 0 Å². The summed E-state index contributed by atoms with van der Waals surface area (Å²) < 4.78 is 11.9. The molecule has 14 nitrogen and oxygen atoms in total. The minimum absolute atomic E-state index is 0.0139. The summed E-state index contributed by atoms with van der Waals surface area (Å²) in [6.07, 6.45) is 13.6. The predicted molar refractivity (Wildman–Crippen MR) is 231 cm³/mol. The molecule has 4 aliphatic heterocycles. The molecule has 3 unspecified atom stereocenters. The average Bonchev–Trinajstić information content (AvgIpc) is 3.46. The molecular formula is C45H56N8O6S. The van der Waals surface area contributed by atoms with Crippen molar-refractivity contribution in [3.05, 3.63) is 120 Å². The number of nitrogens with one attached hydrogen (secondary N) is 6. The van der Waals surface area contributed by atoms with E-state index in [1.165, 1.54) is 0 Å². The lowest BCUT2D eigenvalue weighted by Gasteiger charge is -2.39. The Bertz CT molecular complexity index is 2000. The van der Waals surface area contributed by atoms with Gasteiger partial charge in [-0.2, -0.15) is 0 Å². The second-order valence-electron chi connectivity index (χ2n) is 16.1. The Balaban J connectivity index is 1.10. The van der Waals surface area contributed by atoms with E-state index >= 15 is 0 Å². The van der Waals surface area contributed by atoms with Gasteiger partial charge in [0.1, 0.15) is 18.1 Å². The van der Waals surface area contributed by atoms with Crippen molar-refractivity contribution in [3.63, 3.8) is 0 Å². The zero-order valence-corrected chi connectivity index (χ0v) is 34.7. The average molecular weight is 837 g/mol. The molecule has 4 heterocycles. The molecular weight excluding hydrogens is 781 g/mol. The highest BCUT2D eigenvalue weighted by atomic mass is 32.2. The largest absolute Gasteiger partial charge is 0.380 e. The molecule has 1 aliphatic carbocycles. The summed E-state index contributed by atoms with van der Waals surface area (Å²) in [5.74, 6) is -1.15. The van der Waals surface area contributed by atoms with Gasteiger partial charge in [-0.1, -0.05) is 91.0 Å². The Hall–Kier alpha value is -5.38. The first-order valence-electron chi connectivity index (χ1n) is 21.0. The molecule has 3 saturated heterocycles. The minimum Gasteiger partial charge on any atom is -0.380 e. The van der Waals surface area contributed by atoms with E-state index in [9.17, 15) is 28.2 Å². The molecule has 3 fully saturated rings. The monoisotopic (exact) mass is 836 g/mol. The van der Waals surface area contributed by atoms with Crippen LogP contribution in [-0.2, 0) is 47.6 Å². The fourth-order valence-electron chi connectivity index (χ4n) is 8.54. The fourth-order valence-corrected chi connectivity index (χ4v) is 9.62. The van der Waals surface area contributed by atoms with Gasteiger partial charge in [0.2, 0.25) is 29.5 Å². The van der Waals surface area contributed by atoms with E-state index < -0.39 is 70.9 Å². The van der Waals surface area contributed by atoms with E-state index in [0.29, 0.717) is 37.1 Å². The summed E-state index contributed by atoms with van der Waals surface area (Å²) in [5.41, 5.74) is 3.53. The quantitative estimate of drug-likeness (QED) is 0.202. The van der Waals surface area contributed by atoms with Crippen LogP contribution in [0.15, 0.2) is 108 Å². The van der Waals surface area contributed by atoms with Gasteiger partial charge in [-0.05, 0) is 41.5 Å². The number of fused-ring (bicyclic) bond motifs is 1. The number of allylic oxidation sites excluding steroid dienone is 4. The van der Waals surface area contributed by atoms with Crippen LogP contribution in [0.3, 0.4) is 0 Å². The number of piperidine rings is 1. The van der Waals surface area contributed by atoms with Crippen molar-refractivity contribution < 1.29 is 28.2 Å². The molecule has 5 aliphatic rings. The molecule has 2 aromatic carbocycles. The van der Waals surface area contributed by atoms with Gasteiger partial charge in [0.05, 0.1) is 25.0 Å². The SMILES string of the molecule is O=C(CN1CCC(N2CCS(=O)CC2)CC1)NC1CC(=O)NC(CC2=CNC3C=CC=CC=C23)C(=O)N[C@@H](Cc2ccccc2)C(=O)N[C@H](Cc2ccccc2)CNC1=O. The van der Waals surface area contributed by atoms with Gasteiger partial charge in [-0.3, -0.25) is 38.0 Å². The second kappa shape index (κ2) is 20.7. The molecule has 0 bridgehead atoms. The number of hydrogen-bond acceptors (Lipinski definition) is 9. The zero-order valence-electron chi connectivity index (χ0n) is 33.9. The van der Waals surface area contributed by atoms with Gasteiger partial charge >= 0.3 is 0 Å². The van der Waals surface area contributed by atoms with Crippen molar-refractivity contribution in [3.8, 4) is 0 Å². The Kier molecular flexibility index (Phi) is 14.8. The maximum absolute atomic E-state index is 14.4. The van der Waals surface area contributed by atoms with Gasteiger partial charge in [0, 0.05) is 80.1 Å². The molecule has 6 N–H and O–H groups in total. The molecule has 7 rings (SSSR count).